The lowest BCUT2D eigenvalue weighted by atomic mass is 10.2. The predicted molar refractivity (Wildman–Crippen MR) is 82.6 cm³/mol. The number of nitrogens with zero attached hydrogens (tertiary/aromatic N) is 3. The van der Waals surface area contributed by atoms with Crippen LogP contribution in [0, 0.1) is 13.8 Å². The maximum Gasteiger partial charge on any atom is 0.0678 e. The van der Waals surface area contributed by atoms with Crippen LogP contribution in [0.1, 0.15) is 35.4 Å². The van der Waals surface area contributed by atoms with E-state index in [0.29, 0.717) is 0 Å². The number of aryl methyl sites for hydroxylation is 1. The molecule has 0 radical (unpaired) electrons. The molecule has 0 aromatic carbocycles. The highest BCUT2D eigenvalue weighted by atomic mass is 79.9. The molecule has 0 spiro atoms. The third-order valence-electron chi connectivity index (χ3n) is 3.77. The zero-order chi connectivity index (χ0) is 14.1. The fourth-order valence-electron chi connectivity index (χ4n) is 2.39. The van der Waals surface area contributed by atoms with E-state index >= 15 is 0 Å². The van der Waals surface area contributed by atoms with E-state index in [1.165, 1.54) is 24.1 Å². The molecule has 0 saturated heterocycles. The third-order valence-corrected chi connectivity index (χ3v) is 4.20. The topological polar surface area (TPSA) is 42.7 Å². The van der Waals surface area contributed by atoms with Gasteiger partial charge in [-0.15, -0.1) is 0 Å². The van der Waals surface area contributed by atoms with Gasteiger partial charge in [0.05, 0.1) is 12.2 Å². The van der Waals surface area contributed by atoms with Crippen LogP contribution in [-0.4, -0.2) is 20.8 Å². The molecule has 0 amide bonds. The average molecular weight is 335 g/mol. The normalized spacial score (nSPS) is 14.8. The molecule has 2 aromatic rings. The van der Waals surface area contributed by atoms with Gasteiger partial charge in [-0.25, -0.2) is 0 Å². The van der Waals surface area contributed by atoms with Crippen molar-refractivity contribution in [3.63, 3.8) is 0 Å². The second kappa shape index (κ2) is 5.66. The number of aromatic nitrogens is 3. The van der Waals surface area contributed by atoms with Crippen LogP contribution in [0.5, 0.6) is 0 Å². The molecule has 1 fully saturated rings. The highest BCUT2D eigenvalue weighted by Gasteiger charge is 2.21. The average Bonchev–Trinajstić information content (AvgIpc) is 3.18. The van der Waals surface area contributed by atoms with Crippen molar-refractivity contribution >= 4 is 15.9 Å². The molecule has 1 saturated carbocycles. The largest absolute Gasteiger partial charge is 0.310 e. The summed E-state index contributed by atoms with van der Waals surface area (Å²) in [4.78, 5) is 4.21. The summed E-state index contributed by atoms with van der Waals surface area (Å²) in [6.07, 6.45) is 6.32. The number of hydrogen-bond acceptors (Lipinski definition) is 3. The van der Waals surface area contributed by atoms with E-state index in [-0.39, 0.29) is 0 Å². The van der Waals surface area contributed by atoms with Crippen LogP contribution >= 0.6 is 15.9 Å². The molecule has 106 valence electrons. The molecular formula is C15H19BrN4. The Bertz CT molecular complexity index is 616. The van der Waals surface area contributed by atoms with Crippen molar-refractivity contribution in [2.75, 3.05) is 0 Å². The van der Waals surface area contributed by atoms with E-state index in [1.807, 2.05) is 6.20 Å². The third kappa shape index (κ3) is 3.10. The van der Waals surface area contributed by atoms with Crippen molar-refractivity contribution < 1.29 is 0 Å². The van der Waals surface area contributed by atoms with Crippen LogP contribution in [0.2, 0.25) is 0 Å². The van der Waals surface area contributed by atoms with Gasteiger partial charge in [0.1, 0.15) is 0 Å². The monoisotopic (exact) mass is 334 g/mol. The molecule has 0 aliphatic heterocycles. The van der Waals surface area contributed by atoms with Gasteiger partial charge in [0.25, 0.3) is 0 Å². The van der Waals surface area contributed by atoms with Crippen LogP contribution in [0.25, 0.3) is 0 Å². The summed E-state index contributed by atoms with van der Waals surface area (Å²) in [5.74, 6) is 0. The van der Waals surface area contributed by atoms with Crippen molar-refractivity contribution in [1.82, 2.24) is 20.1 Å². The summed E-state index contributed by atoms with van der Waals surface area (Å²) >= 11 is 3.46. The minimum atomic E-state index is 0.728. The van der Waals surface area contributed by atoms with Crippen molar-refractivity contribution in [1.29, 1.82) is 0 Å². The molecule has 3 rings (SSSR count). The number of hydrogen-bond donors (Lipinski definition) is 1. The quantitative estimate of drug-likeness (QED) is 0.914. The van der Waals surface area contributed by atoms with Gasteiger partial charge >= 0.3 is 0 Å². The fraction of sp³-hybridized carbons (Fsp3) is 0.467. The van der Waals surface area contributed by atoms with Gasteiger partial charge in [-0.1, -0.05) is 0 Å². The van der Waals surface area contributed by atoms with Gasteiger partial charge in [-0.3, -0.25) is 9.67 Å². The van der Waals surface area contributed by atoms with Gasteiger partial charge < -0.3 is 5.32 Å². The predicted octanol–water partition coefficient (Wildman–Crippen LogP) is 2.96. The van der Waals surface area contributed by atoms with Gasteiger partial charge in [0, 0.05) is 40.7 Å². The second-order valence-corrected chi connectivity index (χ2v) is 6.39. The number of pyridine rings is 1. The molecule has 0 bridgehead atoms. The van der Waals surface area contributed by atoms with Crippen molar-refractivity contribution in [3.05, 3.63) is 45.4 Å². The Hall–Kier alpha value is -1.20. The molecule has 20 heavy (non-hydrogen) atoms. The van der Waals surface area contributed by atoms with E-state index in [2.05, 4.69) is 55.9 Å². The summed E-state index contributed by atoms with van der Waals surface area (Å²) in [5, 5.41) is 8.23. The highest BCUT2D eigenvalue weighted by Crippen LogP contribution is 2.21. The van der Waals surface area contributed by atoms with Gasteiger partial charge in [0.15, 0.2) is 0 Å². The van der Waals surface area contributed by atoms with Crippen molar-refractivity contribution in [3.8, 4) is 0 Å². The summed E-state index contributed by atoms with van der Waals surface area (Å²) in [7, 11) is 0. The Balaban J connectivity index is 1.77. The van der Waals surface area contributed by atoms with E-state index in [4.69, 9.17) is 0 Å². The molecule has 2 aromatic heterocycles. The first-order valence-corrected chi connectivity index (χ1v) is 7.78. The second-order valence-electron chi connectivity index (χ2n) is 5.47. The van der Waals surface area contributed by atoms with Gasteiger partial charge in [-0.2, -0.15) is 5.10 Å². The maximum absolute atomic E-state index is 4.67. The number of rotatable bonds is 5. The van der Waals surface area contributed by atoms with Crippen LogP contribution in [0.4, 0.5) is 0 Å². The van der Waals surface area contributed by atoms with Gasteiger partial charge in [-0.05, 0) is 54.2 Å². The molecule has 4 nitrogen and oxygen atoms in total. The summed E-state index contributed by atoms with van der Waals surface area (Å²) < 4.78 is 3.08. The maximum atomic E-state index is 4.67. The van der Waals surface area contributed by atoms with Crippen LogP contribution in [0.15, 0.2) is 22.9 Å². The Labute approximate surface area is 127 Å². The molecule has 1 N–H and O–H groups in total. The minimum Gasteiger partial charge on any atom is -0.310 e. The Morgan fingerprint density at radius 3 is 2.85 bits per heavy atom. The van der Waals surface area contributed by atoms with E-state index in [1.54, 1.807) is 6.20 Å². The van der Waals surface area contributed by atoms with Crippen molar-refractivity contribution in [2.24, 2.45) is 0 Å². The van der Waals surface area contributed by atoms with Crippen LogP contribution in [-0.2, 0) is 13.1 Å². The first-order chi connectivity index (χ1) is 9.63. The van der Waals surface area contributed by atoms with Crippen molar-refractivity contribution in [2.45, 2.75) is 45.8 Å². The van der Waals surface area contributed by atoms with Crippen LogP contribution in [0.3, 0.4) is 0 Å². The molecule has 0 atom stereocenters. The summed E-state index contributed by atoms with van der Waals surface area (Å²) in [6, 6.07) is 2.82. The lowest BCUT2D eigenvalue weighted by Gasteiger charge is -2.06. The molecule has 2 heterocycles. The molecule has 1 aliphatic carbocycles. The molecular weight excluding hydrogens is 316 g/mol. The van der Waals surface area contributed by atoms with Crippen LogP contribution < -0.4 is 5.32 Å². The standard InChI is InChI=1S/C15H19BrN4/c1-10-15(8-18-14-3-4-14)11(2)20(19-10)9-12-5-13(16)7-17-6-12/h5-7,14,18H,3-4,8-9H2,1-2H3. The first-order valence-electron chi connectivity index (χ1n) is 6.99. The summed E-state index contributed by atoms with van der Waals surface area (Å²) in [6.45, 7) is 5.93. The molecule has 5 heteroatoms. The number of halogens is 1. The minimum absolute atomic E-state index is 0.728. The lowest BCUT2D eigenvalue weighted by Crippen LogP contribution is -2.16. The molecule has 1 aliphatic rings. The first kappa shape index (κ1) is 13.8. The SMILES string of the molecule is Cc1nn(Cc2cncc(Br)c2)c(C)c1CNC1CC1. The Kier molecular flexibility index (Phi) is 3.89. The highest BCUT2D eigenvalue weighted by molar-refractivity contribution is 9.10. The van der Waals surface area contributed by atoms with Gasteiger partial charge in [0.2, 0.25) is 0 Å². The Morgan fingerprint density at radius 2 is 2.15 bits per heavy atom. The van der Waals surface area contributed by atoms with E-state index < -0.39 is 0 Å². The zero-order valence-corrected chi connectivity index (χ0v) is 13.4. The lowest BCUT2D eigenvalue weighted by molar-refractivity contribution is 0.650. The molecule has 0 unspecified atom stereocenters. The van der Waals surface area contributed by atoms with E-state index in [0.717, 1.165) is 34.9 Å². The summed E-state index contributed by atoms with van der Waals surface area (Å²) in [5.41, 5.74) is 4.86. The zero-order valence-electron chi connectivity index (χ0n) is 11.9. The van der Waals surface area contributed by atoms with E-state index in [9.17, 15) is 0 Å². The smallest absolute Gasteiger partial charge is 0.0678 e. The number of nitrogens with one attached hydrogen (secondary N) is 1. The Morgan fingerprint density at radius 1 is 1.35 bits per heavy atom. The fourth-order valence-corrected chi connectivity index (χ4v) is 2.81.